The van der Waals surface area contributed by atoms with Gasteiger partial charge in [-0.25, -0.2) is 9.78 Å². The predicted octanol–water partition coefficient (Wildman–Crippen LogP) is 6.96. The highest BCUT2D eigenvalue weighted by atomic mass is 16.6. The molecule has 2 amide bonds. The Hall–Kier alpha value is -3.99. The smallest absolute Gasteiger partial charge is 0.410 e. The Bertz CT molecular complexity index is 1600. The first-order chi connectivity index (χ1) is 23.6. The highest BCUT2D eigenvalue weighted by Crippen LogP contribution is 2.38. The molecule has 4 heterocycles. The number of methoxy groups -OCH3 is 2. The van der Waals surface area contributed by atoms with Gasteiger partial charge in [-0.2, -0.15) is 5.10 Å². The van der Waals surface area contributed by atoms with Crippen LogP contribution in [0.1, 0.15) is 95.5 Å². The van der Waals surface area contributed by atoms with Crippen molar-refractivity contribution in [2.24, 2.45) is 11.8 Å². The molecule has 0 bridgehead atoms. The standard InChI is InChI=1S/C38H52N6O5/c1-25(2)44-22-31(20-40-44)30-17-18-39-35(19-30)43(21-27-7-9-28(10-8-27)33-15-16-34(47-5)26(3)41-33)36(45)29-11-13-32(14-12-29)49-37(46)42-23-38(4,24-42)48-6/h15-20,22,25,27-29,32H,7-14,21,23-24H2,1-6H3. The van der Waals surface area contributed by atoms with Crippen LogP contribution in [0.5, 0.6) is 5.75 Å². The molecule has 264 valence electrons. The van der Waals surface area contributed by atoms with E-state index in [1.54, 1.807) is 25.3 Å². The fourth-order valence-corrected chi connectivity index (χ4v) is 7.61. The summed E-state index contributed by atoms with van der Waals surface area (Å²) in [4.78, 5) is 40.4. The summed E-state index contributed by atoms with van der Waals surface area (Å²) in [5.41, 5.74) is 3.74. The number of carbonyl (C=O) groups excluding carboxylic acids is 2. The first kappa shape index (κ1) is 34.9. The molecule has 3 fully saturated rings. The molecule has 6 rings (SSSR count). The Kier molecular flexibility index (Phi) is 10.6. The van der Waals surface area contributed by atoms with Gasteiger partial charge in [0.25, 0.3) is 0 Å². The van der Waals surface area contributed by atoms with Crippen molar-refractivity contribution < 1.29 is 23.8 Å². The molecule has 3 aromatic rings. The van der Waals surface area contributed by atoms with E-state index in [1.807, 2.05) is 54.0 Å². The molecular formula is C38H52N6O5. The summed E-state index contributed by atoms with van der Waals surface area (Å²) in [5, 5.41) is 4.53. The van der Waals surface area contributed by atoms with Crippen molar-refractivity contribution in [1.29, 1.82) is 0 Å². The number of amides is 2. The molecular weight excluding hydrogens is 620 g/mol. The lowest BCUT2D eigenvalue weighted by Gasteiger charge is -2.46. The van der Waals surface area contributed by atoms with Gasteiger partial charge in [-0.15, -0.1) is 0 Å². The lowest BCUT2D eigenvalue weighted by Crippen LogP contribution is -2.63. The molecule has 2 saturated carbocycles. The van der Waals surface area contributed by atoms with Crippen molar-refractivity contribution in [3.05, 3.63) is 54.2 Å². The normalized spacial score (nSPS) is 23.5. The van der Waals surface area contributed by atoms with Crippen molar-refractivity contribution in [1.82, 2.24) is 24.6 Å². The molecule has 0 N–H and O–H groups in total. The zero-order valence-corrected chi connectivity index (χ0v) is 29.9. The number of hydrogen-bond donors (Lipinski definition) is 0. The number of likely N-dealkylation sites (tertiary alicyclic amines) is 1. The van der Waals surface area contributed by atoms with E-state index in [9.17, 15) is 9.59 Å². The van der Waals surface area contributed by atoms with Gasteiger partial charge < -0.3 is 19.1 Å². The summed E-state index contributed by atoms with van der Waals surface area (Å²) in [6.45, 7) is 9.90. The van der Waals surface area contributed by atoms with Crippen LogP contribution in [0.4, 0.5) is 10.6 Å². The molecule has 1 saturated heterocycles. The Balaban J connectivity index is 1.13. The fraction of sp³-hybridized carbons (Fsp3) is 0.605. The third-order valence-electron chi connectivity index (χ3n) is 10.8. The number of carbonyl (C=O) groups is 2. The SMILES string of the molecule is COc1ccc(C2CCC(CN(C(=O)C3CCC(OC(=O)N4CC(C)(OC)C4)CC3)c3cc(-c4cnn(C(C)C)c4)ccn3)CC2)nc1C. The first-order valence-corrected chi connectivity index (χ1v) is 17.9. The summed E-state index contributed by atoms with van der Waals surface area (Å²) in [6.07, 6.45) is 12.1. The van der Waals surface area contributed by atoms with E-state index in [2.05, 4.69) is 25.0 Å². The van der Waals surface area contributed by atoms with Gasteiger partial charge in [-0.1, -0.05) is 0 Å². The Morgan fingerprint density at radius 3 is 2.37 bits per heavy atom. The van der Waals surface area contributed by atoms with Gasteiger partial charge in [-0.3, -0.25) is 19.4 Å². The highest BCUT2D eigenvalue weighted by Gasteiger charge is 2.43. The van der Waals surface area contributed by atoms with E-state index in [0.717, 1.165) is 53.9 Å². The van der Waals surface area contributed by atoms with Gasteiger partial charge >= 0.3 is 6.09 Å². The van der Waals surface area contributed by atoms with Crippen LogP contribution in [0.3, 0.4) is 0 Å². The van der Waals surface area contributed by atoms with Gasteiger partial charge in [0.05, 0.1) is 32.1 Å². The van der Waals surface area contributed by atoms with E-state index in [-0.39, 0.29) is 35.7 Å². The first-order valence-electron chi connectivity index (χ1n) is 17.9. The maximum absolute atomic E-state index is 14.4. The summed E-state index contributed by atoms with van der Waals surface area (Å²) < 4.78 is 18.7. The van der Waals surface area contributed by atoms with Crippen LogP contribution in [0, 0.1) is 18.8 Å². The Morgan fingerprint density at radius 2 is 1.73 bits per heavy atom. The molecule has 0 radical (unpaired) electrons. The van der Waals surface area contributed by atoms with Crippen LogP contribution >= 0.6 is 0 Å². The van der Waals surface area contributed by atoms with Crippen molar-refractivity contribution >= 4 is 17.8 Å². The van der Waals surface area contributed by atoms with Crippen LogP contribution in [0.2, 0.25) is 0 Å². The lowest BCUT2D eigenvalue weighted by atomic mass is 9.79. The zero-order valence-electron chi connectivity index (χ0n) is 29.9. The van der Waals surface area contributed by atoms with Crippen LogP contribution in [0.15, 0.2) is 42.9 Å². The molecule has 0 spiro atoms. The van der Waals surface area contributed by atoms with Gasteiger partial charge in [0.15, 0.2) is 0 Å². The van der Waals surface area contributed by atoms with Crippen molar-refractivity contribution in [2.75, 3.05) is 38.8 Å². The summed E-state index contributed by atoms with van der Waals surface area (Å²) in [6, 6.07) is 8.38. The number of hydrogen-bond acceptors (Lipinski definition) is 8. The molecule has 3 aliphatic rings. The number of aryl methyl sites for hydroxylation is 1. The minimum atomic E-state index is -0.294. The average molecular weight is 673 g/mol. The quantitative estimate of drug-likeness (QED) is 0.227. The van der Waals surface area contributed by atoms with Gasteiger partial charge in [-0.05, 0) is 115 Å². The monoisotopic (exact) mass is 672 g/mol. The third-order valence-corrected chi connectivity index (χ3v) is 10.8. The molecule has 2 aliphatic carbocycles. The second-order valence-corrected chi connectivity index (χ2v) is 14.8. The molecule has 11 heteroatoms. The number of ether oxygens (including phenoxy) is 3. The maximum Gasteiger partial charge on any atom is 0.410 e. The second kappa shape index (κ2) is 14.9. The van der Waals surface area contributed by atoms with E-state index < -0.39 is 0 Å². The van der Waals surface area contributed by atoms with Crippen molar-refractivity contribution in [3.63, 3.8) is 0 Å². The van der Waals surface area contributed by atoms with Crippen LogP contribution < -0.4 is 9.64 Å². The third kappa shape index (κ3) is 7.92. The van der Waals surface area contributed by atoms with Gasteiger partial charge in [0, 0.05) is 55.2 Å². The molecule has 49 heavy (non-hydrogen) atoms. The van der Waals surface area contributed by atoms with E-state index in [4.69, 9.17) is 24.2 Å². The highest BCUT2D eigenvalue weighted by molar-refractivity contribution is 5.94. The summed E-state index contributed by atoms with van der Waals surface area (Å²) >= 11 is 0. The summed E-state index contributed by atoms with van der Waals surface area (Å²) in [5.74, 6) is 2.23. The largest absolute Gasteiger partial charge is 0.495 e. The molecule has 0 atom stereocenters. The van der Waals surface area contributed by atoms with Crippen LogP contribution in [-0.2, 0) is 14.3 Å². The molecule has 11 nitrogen and oxygen atoms in total. The number of nitrogens with zero attached hydrogens (tertiary/aromatic N) is 6. The maximum atomic E-state index is 14.4. The molecule has 0 aromatic carbocycles. The summed E-state index contributed by atoms with van der Waals surface area (Å²) in [7, 11) is 3.35. The minimum Gasteiger partial charge on any atom is -0.495 e. The number of pyridine rings is 2. The molecule has 1 aliphatic heterocycles. The Morgan fingerprint density at radius 1 is 1.00 bits per heavy atom. The van der Waals surface area contributed by atoms with Crippen molar-refractivity contribution in [2.45, 2.75) is 103 Å². The van der Waals surface area contributed by atoms with E-state index in [1.165, 1.54) is 0 Å². The second-order valence-electron chi connectivity index (χ2n) is 14.8. The van der Waals surface area contributed by atoms with Crippen LogP contribution in [0.25, 0.3) is 11.1 Å². The molecule has 3 aromatic heterocycles. The van der Waals surface area contributed by atoms with E-state index in [0.29, 0.717) is 63.0 Å². The minimum absolute atomic E-state index is 0.112. The van der Waals surface area contributed by atoms with Crippen molar-refractivity contribution in [3.8, 4) is 16.9 Å². The lowest BCUT2D eigenvalue weighted by molar-refractivity contribution is -0.124. The van der Waals surface area contributed by atoms with Gasteiger partial charge in [0.1, 0.15) is 23.3 Å². The van der Waals surface area contributed by atoms with Gasteiger partial charge in [0.2, 0.25) is 5.91 Å². The van der Waals surface area contributed by atoms with E-state index >= 15 is 0 Å². The van der Waals surface area contributed by atoms with Crippen LogP contribution in [-0.4, -0.2) is 82.2 Å². The Labute approximate surface area is 290 Å². The fourth-order valence-electron chi connectivity index (χ4n) is 7.61. The number of rotatable bonds is 10. The zero-order chi connectivity index (χ0) is 34.7. The average Bonchev–Trinajstić information content (AvgIpc) is 3.61. The predicted molar refractivity (Wildman–Crippen MR) is 188 cm³/mol. The molecule has 0 unspecified atom stereocenters. The topological polar surface area (TPSA) is 112 Å². The number of aromatic nitrogens is 4. The number of anilines is 1.